The number of aromatic nitrogens is 2. The molecule has 0 N–H and O–H groups in total. The number of hydrogen-bond donors (Lipinski definition) is 0. The molecule has 26 heavy (non-hydrogen) atoms. The molecule has 144 valence electrons. The molecule has 1 unspecified atom stereocenters. The van der Waals surface area contributed by atoms with Gasteiger partial charge in [0.05, 0.1) is 11.5 Å². The molecule has 0 saturated carbocycles. The predicted octanol–water partition coefficient (Wildman–Crippen LogP) is 0.268. The molecule has 0 bridgehead atoms. The number of carbonyl (C=O) groups excluding carboxylic acids is 1. The van der Waals surface area contributed by atoms with Crippen molar-refractivity contribution < 1.29 is 13.2 Å². The van der Waals surface area contributed by atoms with Crippen molar-refractivity contribution in [3.63, 3.8) is 0 Å². The fourth-order valence-electron chi connectivity index (χ4n) is 3.68. The van der Waals surface area contributed by atoms with Gasteiger partial charge in [-0.3, -0.25) is 4.79 Å². The summed E-state index contributed by atoms with van der Waals surface area (Å²) in [5.41, 5.74) is 0.374. The quantitative estimate of drug-likeness (QED) is 0.723. The van der Waals surface area contributed by atoms with Crippen molar-refractivity contribution in [3.8, 4) is 0 Å². The summed E-state index contributed by atoms with van der Waals surface area (Å²) in [5, 5.41) is 0. The van der Waals surface area contributed by atoms with Gasteiger partial charge >= 0.3 is 0 Å². The van der Waals surface area contributed by atoms with Crippen molar-refractivity contribution in [1.82, 2.24) is 19.8 Å². The molecule has 9 heteroatoms. The maximum atomic E-state index is 12.8. The van der Waals surface area contributed by atoms with Gasteiger partial charge in [0, 0.05) is 44.8 Å². The smallest absolute Gasteiger partial charge is 0.272 e. The summed E-state index contributed by atoms with van der Waals surface area (Å²) in [4.78, 5) is 27.4. The van der Waals surface area contributed by atoms with Gasteiger partial charge in [0.1, 0.15) is 17.8 Å². The van der Waals surface area contributed by atoms with E-state index < -0.39 is 9.84 Å². The summed E-state index contributed by atoms with van der Waals surface area (Å²) in [5.74, 6) is 0.902. The number of piperazine rings is 1. The fraction of sp³-hybridized carbons (Fsp3) is 0.706. The lowest BCUT2D eigenvalue weighted by atomic mass is 10.2. The third-order valence-electron chi connectivity index (χ3n) is 5.26. The van der Waals surface area contributed by atoms with E-state index >= 15 is 0 Å². The lowest BCUT2D eigenvalue weighted by molar-refractivity contribution is 0.0637. The van der Waals surface area contributed by atoms with Crippen molar-refractivity contribution in [2.45, 2.75) is 26.3 Å². The summed E-state index contributed by atoms with van der Waals surface area (Å²) < 4.78 is 23.6. The minimum Gasteiger partial charge on any atom is -0.353 e. The van der Waals surface area contributed by atoms with Crippen LogP contribution in [-0.2, 0) is 9.84 Å². The average molecular weight is 382 g/mol. The maximum absolute atomic E-state index is 12.8. The van der Waals surface area contributed by atoms with Gasteiger partial charge in [0.2, 0.25) is 0 Å². The van der Waals surface area contributed by atoms with Gasteiger partial charge in [-0.1, -0.05) is 6.92 Å². The van der Waals surface area contributed by atoms with Crippen LogP contribution in [0.1, 0.15) is 30.8 Å². The zero-order valence-corrected chi connectivity index (χ0v) is 16.3. The van der Waals surface area contributed by atoms with Gasteiger partial charge in [0.15, 0.2) is 9.84 Å². The summed E-state index contributed by atoms with van der Waals surface area (Å²) >= 11 is 0. The Morgan fingerprint density at radius 2 is 1.96 bits per heavy atom. The van der Waals surface area contributed by atoms with Crippen LogP contribution in [-0.4, -0.2) is 90.9 Å². The molecule has 1 aromatic rings. The second-order valence-electron chi connectivity index (χ2n) is 6.83. The number of rotatable bonds is 5. The largest absolute Gasteiger partial charge is 0.353 e. The number of hydrogen-bond acceptors (Lipinski definition) is 7. The number of amides is 1. The lowest BCUT2D eigenvalue weighted by Crippen LogP contribution is -2.48. The van der Waals surface area contributed by atoms with E-state index in [1.807, 2.05) is 16.7 Å². The van der Waals surface area contributed by atoms with E-state index in [0.717, 1.165) is 19.6 Å². The van der Waals surface area contributed by atoms with Crippen LogP contribution in [0.2, 0.25) is 0 Å². The summed E-state index contributed by atoms with van der Waals surface area (Å²) in [6.07, 6.45) is 2.00. The van der Waals surface area contributed by atoms with E-state index in [4.69, 9.17) is 0 Å². The van der Waals surface area contributed by atoms with Crippen molar-refractivity contribution in [2.24, 2.45) is 0 Å². The molecular weight excluding hydrogens is 354 g/mol. The third kappa shape index (κ3) is 4.15. The van der Waals surface area contributed by atoms with E-state index in [-0.39, 0.29) is 23.5 Å². The number of likely N-dealkylation sites (N-methyl/N-ethyl adjacent to an activating group) is 1. The topological polar surface area (TPSA) is 86.7 Å². The standard InChI is InChI=1S/C17H27N5O3S/c1-3-20-6-8-21(9-7-20)17(23)15-11-16(19-13-18-15)22(4-2)14-5-10-26(24,25)12-14/h11,13-14H,3-10,12H2,1-2H3. The zero-order chi connectivity index (χ0) is 18.7. The molecule has 2 aliphatic rings. The van der Waals surface area contributed by atoms with Crippen molar-refractivity contribution in [1.29, 1.82) is 0 Å². The highest BCUT2D eigenvalue weighted by Gasteiger charge is 2.33. The van der Waals surface area contributed by atoms with Gasteiger partial charge in [-0.05, 0) is 19.9 Å². The minimum atomic E-state index is -2.97. The zero-order valence-electron chi connectivity index (χ0n) is 15.5. The SMILES string of the molecule is CCN1CCN(C(=O)c2cc(N(CC)C3CCS(=O)(=O)C3)ncn2)CC1. The fourth-order valence-corrected chi connectivity index (χ4v) is 5.41. The summed E-state index contributed by atoms with van der Waals surface area (Å²) in [6, 6.07) is 1.61. The monoisotopic (exact) mass is 381 g/mol. The molecule has 2 fully saturated rings. The Labute approximate surface area is 155 Å². The van der Waals surface area contributed by atoms with Crippen molar-refractivity contribution >= 4 is 21.6 Å². The van der Waals surface area contributed by atoms with E-state index in [1.54, 1.807) is 6.07 Å². The molecular formula is C17H27N5O3S. The predicted molar refractivity (Wildman–Crippen MR) is 100 cm³/mol. The number of sulfone groups is 1. The highest BCUT2D eigenvalue weighted by Crippen LogP contribution is 2.23. The van der Waals surface area contributed by atoms with Gasteiger partial charge < -0.3 is 14.7 Å². The van der Waals surface area contributed by atoms with Crippen LogP contribution in [0.3, 0.4) is 0 Å². The second kappa shape index (κ2) is 7.87. The first-order valence-electron chi connectivity index (χ1n) is 9.24. The Kier molecular flexibility index (Phi) is 5.76. The van der Waals surface area contributed by atoms with Gasteiger partial charge in [-0.2, -0.15) is 0 Å². The molecule has 2 saturated heterocycles. The lowest BCUT2D eigenvalue weighted by Gasteiger charge is -2.34. The molecule has 1 atom stereocenters. The molecule has 2 aliphatic heterocycles. The molecule has 0 spiro atoms. The molecule has 0 aromatic carbocycles. The number of carbonyl (C=O) groups is 1. The van der Waals surface area contributed by atoms with E-state index in [2.05, 4.69) is 21.8 Å². The highest BCUT2D eigenvalue weighted by molar-refractivity contribution is 7.91. The molecule has 8 nitrogen and oxygen atoms in total. The van der Waals surface area contributed by atoms with E-state index in [0.29, 0.717) is 37.6 Å². The third-order valence-corrected chi connectivity index (χ3v) is 7.01. The van der Waals surface area contributed by atoms with Crippen LogP contribution < -0.4 is 4.90 Å². The summed E-state index contributed by atoms with van der Waals surface area (Å²) in [7, 11) is -2.97. The van der Waals surface area contributed by atoms with Crippen LogP contribution in [0.5, 0.6) is 0 Å². The van der Waals surface area contributed by atoms with Crippen molar-refractivity contribution in [3.05, 3.63) is 18.1 Å². The van der Waals surface area contributed by atoms with Gasteiger partial charge in [-0.15, -0.1) is 0 Å². The van der Waals surface area contributed by atoms with Crippen LogP contribution in [0, 0.1) is 0 Å². The molecule has 0 aliphatic carbocycles. The molecule has 1 aromatic heterocycles. The average Bonchev–Trinajstić information content (AvgIpc) is 3.01. The van der Waals surface area contributed by atoms with Crippen LogP contribution in [0.25, 0.3) is 0 Å². The number of anilines is 1. The van der Waals surface area contributed by atoms with Crippen LogP contribution in [0.4, 0.5) is 5.82 Å². The van der Waals surface area contributed by atoms with Crippen LogP contribution >= 0.6 is 0 Å². The van der Waals surface area contributed by atoms with Gasteiger partial charge in [0.25, 0.3) is 5.91 Å². The summed E-state index contributed by atoms with van der Waals surface area (Å²) in [6.45, 7) is 8.88. The molecule has 3 rings (SSSR count). The Bertz CT molecular complexity index is 747. The Morgan fingerprint density at radius 3 is 2.54 bits per heavy atom. The van der Waals surface area contributed by atoms with E-state index in [1.165, 1.54) is 6.33 Å². The van der Waals surface area contributed by atoms with E-state index in [9.17, 15) is 13.2 Å². The second-order valence-corrected chi connectivity index (χ2v) is 9.06. The number of nitrogens with zero attached hydrogens (tertiary/aromatic N) is 5. The maximum Gasteiger partial charge on any atom is 0.272 e. The van der Waals surface area contributed by atoms with Gasteiger partial charge in [-0.25, -0.2) is 18.4 Å². The molecule has 0 radical (unpaired) electrons. The first-order chi connectivity index (χ1) is 12.4. The molecule has 3 heterocycles. The molecule has 1 amide bonds. The first-order valence-corrected chi connectivity index (χ1v) is 11.1. The Hall–Kier alpha value is -1.74. The van der Waals surface area contributed by atoms with Crippen LogP contribution in [0.15, 0.2) is 12.4 Å². The Morgan fingerprint density at radius 1 is 1.23 bits per heavy atom. The first kappa shape index (κ1) is 19.0. The minimum absolute atomic E-state index is 0.0838. The Balaban J connectivity index is 1.74. The highest BCUT2D eigenvalue weighted by atomic mass is 32.2. The normalized spacial score (nSPS) is 23.2. The van der Waals surface area contributed by atoms with Crippen molar-refractivity contribution in [2.75, 3.05) is 55.7 Å².